The molecule has 0 aliphatic carbocycles. The Morgan fingerprint density at radius 1 is 1.24 bits per heavy atom. The summed E-state index contributed by atoms with van der Waals surface area (Å²) in [7, 11) is 1.25. The Kier molecular flexibility index (Phi) is 4.21. The van der Waals surface area contributed by atoms with Gasteiger partial charge in [-0.15, -0.1) is 8.78 Å². The first-order valence-electron chi connectivity index (χ1n) is 8.56. The van der Waals surface area contributed by atoms with Crippen molar-refractivity contribution < 1.29 is 37.8 Å². The summed E-state index contributed by atoms with van der Waals surface area (Å²) in [4.78, 5) is 22.1. The third-order valence-electron chi connectivity index (χ3n) is 4.60. The molecule has 0 fully saturated rings. The summed E-state index contributed by atoms with van der Waals surface area (Å²) in [6.45, 7) is 3.58. The maximum Gasteiger partial charge on any atom is 0.586 e. The standard InChI is InChI=1S/C19H16F2N2O6/c1-9-6-12-8-13(16(18(24)25)22-26-3)17(9)29-23(12)10(2)11-4-5-14-15(7-11)28-19(20,21)27-14/h4-8,10H,1-3H3,(H,24,25). The van der Waals surface area contributed by atoms with Crippen molar-refractivity contribution in [2.45, 2.75) is 26.2 Å². The SMILES string of the molecule is CON=C(C(=O)O)c1cc2cc(C)c1ON2C(C)c1ccc2c(c1)OC(F)(F)O2. The quantitative estimate of drug-likeness (QED) is 0.599. The fraction of sp³-hybridized carbons (Fsp3) is 0.263. The maximum absolute atomic E-state index is 13.3. The van der Waals surface area contributed by atoms with Gasteiger partial charge in [-0.3, -0.25) is 0 Å². The van der Waals surface area contributed by atoms with E-state index in [1.807, 2.05) is 13.0 Å². The van der Waals surface area contributed by atoms with Crippen molar-refractivity contribution in [1.29, 1.82) is 0 Å². The molecule has 3 heterocycles. The van der Waals surface area contributed by atoms with E-state index >= 15 is 0 Å². The van der Waals surface area contributed by atoms with Crippen LogP contribution in [0.4, 0.5) is 14.5 Å². The predicted octanol–water partition coefficient (Wildman–Crippen LogP) is 3.63. The van der Waals surface area contributed by atoms with E-state index in [0.29, 0.717) is 17.0 Å². The van der Waals surface area contributed by atoms with Crippen molar-refractivity contribution >= 4 is 17.4 Å². The van der Waals surface area contributed by atoms with Gasteiger partial charge in [0.1, 0.15) is 7.11 Å². The molecule has 2 aromatic rings. The number of halogens is 2. The first-order chi connectivity index (χ1) is 13.7. The van der Waals surface area contributed by atoms with Crippen LogP contribution in [0.5, 0.6) is 17.2 Å². The van der Waals surface area contributed by atoms with Gasteiger partial charge < -0.3 is 24.3 Å². The molecule has 1 N–H and O–H groups in total. The number of hydrogen-bond acceptors (Lipinski definition) is 7. The van der Waals surface area contributed by atoms with Gasteiger partial charge in [0.15, 0.2) is 23.0 Å². The van der Waals surface area contributed by atoms with E-state index in [-0.39, 0.29) is 22.8 Å². The second kappa shape index (κ2) is 6.50. The molecule has 1 atom stereocenters. The van der Waals surface area contributed by atoms with Crippen LogP contribution < -0.4 is 19.4 Å². The van der Waals surface area contributed by atoms with Gasteiger partial charge in [-0.25, -0.2) is 9.86 Å². The van der Waals surface area contributed by atoms with Crippen molar-refractivity contribution in [2.24, 2.45) is 5.16 Å². The maximum atomic E-state index is 13.3. The van der Waals surface area contributed by atoms with E-state index in [1.54, 1.807) is 24.1 Å². The lowest BCUT2D eigenvalue weighted by Crippen LogP contribution is -2.35. The molecular formula is C19H16F2N2O6. The van der Waals surface area contributed by atoms with Crippen LogP contribution in [0, 0.1) is 6.92 Å². The number of alkyl halides is 2. The minimum atomic E-state index is -3.69. The average Bonchev–Trinajstić information content (AvgIpc) is 2.97. The fourth-order valence-corrected chi connectivity index (χ4v) is 3.29. The summed E-state index contributed by atoms with van der Waals surface area (Å²) < 4.78 is 35.5. The Balaban J connectivity index is 1.67. The second-order valence-electron chi connectivity index (χ2n) is 6.53. The van der Waals surface area contributed by atoms with Crippen LogP contribution in [0.1, 0.15) is 29.7 Å². The number of aryl methyl sites for hydroxylation is 1. The largest absolute Gasteiger partial charge is 0.586 e. The molecule has 29 heavy (non-hydrogen) atoms. The summed E-state index contributed by atoms with van der Waals surface area (Å²) >= 11 is 0. The lowest BCUT2D eigenvalue weighted by molar-refractivity contribution is -0.286. The zero-order valence-electron chi connectivity index (χ0n) is 15.6. The van der Waals surface area contributed by atoms with Gasteiger partial charge in [0.2, 0.25) is 0 Å². The molecule has 5 rings (SSSR count). The zero-order valence-corrected chi connectivity index (χ0v) is 15.6. The molecule has 152 valence electrons. The summed E-state index contributed by atoms with van der Waals surface area (Å²) in [6.07, 6.45) is -3.69. The molecule has 0 spiro atoms. The molecule has 3 aliphatic heterocycles. The van der Waals surface area contributed by atoms with Crippen molar-refractivity contribution in [3.63, 3.8) is 0 Å². The minimum Gasteiger partial charge on any atom is -0.476 e. The number of ether oxygens (including phenoxy) is 2. The van der Waals surface area contributed by atoms with Crippen LogP contribution >= 0.6 is 0 Å². The van der Waals surface area contributed by atoms with Crippen molar-refractivity contribution in [1.82, 2.24) is 0 Å². The normalized spacial score (nSPS) is 17.1. The number of oxime groups is 1. The summed E-state index contributed by atoms with van der Waals surface area (Å²) in [6, 6.07) is 7.52. The van der Waals surface area contributed by atoms with Crippen molar-refractivity contribution in [3.8, 4) is 17.2 Å². The van der Waals surface area contributed by atoms with E-state index in [4.69, 9.17) is 4.84 Å². The smallest absolute Gasteiger partial charge is 0.476 e. The Labute approximate surface area is 163 Å². The molecule has 0 saturated heterocycles. The summed E-state index contributed by atoms with van der Waals surface area (Å²) in [5.41, 5.74) is 1.92. The van der Waals surface area contributed by atoms with Gasteiger partial charge in [-0.05, 0) is 49.2 Å². The molecule has 8 nitrogen and oxygen atoms in total. The predicted molar refractivity (Wildman–Crippen MR) is 96.5 cm³/mol. The Hall–Kier alpha value is -3.56. The Morgan fingerprint density at radius 3 is 2.62 bits per heavy atom. The molecule has 0 aromatic heterocycles. The number of rotatable bonds is 5. The molecular weight excluding hydrogens is 390 g/mol. The topological polar surface area (TPSA) is 89.8 Å². The third-order valence-corrected chi connectivity index (χ3v) is 4.60. The van der Waals surface area contributed by atoms with Crippen molar-refractivity contribution in [3.05, 3.63) is 47.0 Å². The molecule has 2 aromatic carbocycles. The molecule has 10 heteroatoms. The number of anilines is 1. The highest BCUT2D eigenvalue weighted by Crippen LogP contribution is 2.45. The van der Waals surface area contributed by atoms with Crippen LogP contribution in [-0.4, -0.2) is 30.2 Å². The number of benzene rings is 2. The molecule has 2 bridgehead atoms. The van der Waals surface area contributed by atoms with Gasteiger partial charge in [0.05, 0.1) is 17.3 Å². The fourth-order valence-electron chi connectivity index (χ4n) is 3.29. The Bertz CT molecular complexity index is 1040. The number of aliphatic carboxylic acids is 1. The van der Waals surface area contributed by atoms with Crippen molar-refractivity contribution in [2.75, 3.05) is 12.2 Å². The lowest BCUT2D eigenvalue weighted by atomic mass is 10.0. The van der Waals surface area contributed by atoms with Crippen LogP contribution in [0.2, 0.25) is 0 Å². The number of carbonyl (C=O) groups is 1. The minimum absolute atomic E-state index is 0.0474. The molecule has 0 amide bonds. The monoisotopic (exact) mass is 406 g/mol. The highest BCUT2D eigenvalue weighted by molar-refractivity contribution is 6.43. The van der Waals surface area contributed by atoms with Gasteiger partial charge in [0.25, 0.3) is 0 Å². The number of hydroxylamine groups is 1. The van der Waals surface area contributed by atoms with Gasteiger partial charge in [0, 0.05) is 0 Å². The first kappa shape index (κ1) is 18.8. The summed E-state index contributed by atoms with van der Waals surface area (Å²) in [5, 5.41) is 14.5. The third kappa shape index (κ3) is 3.16. The van der Waals surface area contributed by atoms with Gasteiger partial charge >= 0.3 is 12.3 Å². The van der Waals surface area contributed by atoms with Crippen LogP contribution in [-0.2, 0) is 9.63 Å². The van der Waals surface area contributed by atoms with E-state index in [0.717, 1.165) is 5.56 Å². The molecule has 1 unspecified atom stereocenters. The summed E-state index contributed by atoms with van der Waals surface area (Å²) in [5.74, 6) is -1.06. The van der Waals surface area contributed by atoms with E-state index < -0.39 is 18.3 Å². The number of nitrogens with zero attached hydrogens (tertiary/aromatic N) is 2. The number of fused-ring (bicyclic) bond motifs is 4. The molecule has 3 aliphatic rings. The van der Waals surface area contributed by atoms with E-state index in [9.17, 15) is 18.7 Å². The number of hydrogen-bond donors (Lipinski definition) is 1. The highest BCUT2D eigenvalue weighted by atomic mass is 19.3. The molecule has 0 radical (unpaired) electrons. The highest BCUT2D eigenvalue weighted by Gasteiger charge is 2.43. The zero-order chi connectivity index (χ0) is 20.9. The number of carboxylic acids is 1. The lowest BCUT2D eigenvalue weighted by Gasteiger charge is -2.36. The van der Waals surface area contributed by atoms with Gasteiger partial charge in [-0.1, -0.05) is 11.2 Å². The molecule has 0 saturated carbocycles. The van der Waals surface area contributed by atoms with Crippen LogP contribution in [0.15, 0.2) is 35.5 Å². The Morgan fingerprint density at radius 2 is 1.97 bits per heavy atom. The first-order valence-corrected chi connectivity index (χ1v) is 8.56. The number of carboxylic acid groups (broad SMARTS) is 1. The van der Waals surface area contributed by atoms with Gasteiger partial charge in [-0.2, -0.15) is 0 Å². The van der Waals surface area contributed by atoms with Crippen LogP contribution in [0.3, 0.4) is 0 Å². The second-order valence-corrected chi connectivity index (χ2v) is 6.53. The van der Waals surface area contributed by atoms with E-state index in [2.05, 4.69) is 19.5 Å². The average molecular weight is 406 g/mol. The van der Waals surface area contributed by atoms with Crippen LogP contribution in [0.25, 0.3) is 0 Å². The van der Waals surface area contributed by atoms with E-state index in [1.165, 1.54) is 19.2 Å².